The van der Waals surface area contributed by atoms with Crippen LogP contribution in [0.15, 0.2) is 48.9 Å². The number of amides is 1. The predicted octanol–water partition coefficient (Wildman–Crippen LogP) is 3.06. The highest BCUT2D eigenvalue weighted by Gasteiger charge is 2.22. The maximum Gasteiger partial charge on any atom is 0.268 e. The number of hydrogen-bond donors (Lipinski definition) is 2. The standard InChI is InChI=1S/C16H14ClFN4O/c1-22-7-6-19-15(22)14(10-2-4-12(18)5-3-10)21-16(23)13-8-11(17)9-20-13/h2-9,14,20H,1H3,(H,21,23). The Hall–Kier alpha value is -2.60. The smallest absolute Gasteiger partial charge is 0.268 e. The fraction of sp³-hybridized carbons (Fsp3) is 0.125. The fourth-order valence-electron chi connectivity index (χ4n) is 2.32. The van der Waals surface area contributed by atoms with E-state index in [0.717, 1.165) is 5.56 Å². The van der Waals surface area contributed by atoms with Crippen molar-refractivity contribution in [3.63, 3.8) is 0 Å². The van der Waals surface area contributed by atoms with Gasteiger partial charge in [-0.1, -0.05) is 23.7 Å². The number of nitrogens with zero attached hydrogens (tertiary/aromatic N) is 2. The van der Waals surface area contributed by atoms with Gasteiger partial charge in [-0.15, -0.1) is 0 Å². The summed E-state index contributed by atoms with van der Waals surface area (Å²) >= 11 is 5.83. The number of hydrogen-bond acceptors (Lipinski definition) is 2. The van der Waals surface area contributed by atoms with Gasteiger partial charge in [0.15, 0.2) is 0 Å². The van der Waals surface area contributed by atoms with Gasteiger partial charge < -0.3 is 14.9 Å². The summed E-state index contributed by atoms with van der Waals surface area (Å²) in [7, 11) is 1.83. The van der Waals surface area contributed by atoms with Crippen LogP contribution in [-0.2, 0) is 7.05 Å². The maximum absolute atomic E-state index is 13.2. The van der Waals surface area contributed by atoms with Gasteiger partial charge in [-0.05, 0) is 23.8 Å². The van der Waals surface area contributed by atoms with Crippen LogP contribution < -0.4 is 5.32 Å². The van der Waals surface area contributed by atoms with Crippen LogP contribution >= 0.6 is 11.6 Å². The number of carbonyl (C=O) groups is 1. The van der Waals surface area contributed by atoms with E-state index in [1.165, 1.54) is 24.4 Å². The molecule has 0 aliphatic heterocycles. The quantitative estimate of drug-likeness (QED) is 0.771. The molecule has 0 aliphatic carbocycles. The Kier molecular flexibility index (Phi) is 4.16. The number of benzene rings is 1. The van der Waals surface area contributed by atoms with Crippen molar-refractivity contribution in [3.05, 3.63) is 76.8 Å². The third-order valence-corrected chi connectivity index (χ3v) is 3.71. The van der Waals surface area contributed by atoms with Gasteiger partial charge in [0, 0.05) is 25.6 Å². The molecule has 3 rings (SSSR count). The zero-order chi connectivity index (χ0) is 16.4. The van der Waals surface area contributed by atoms with E-state index < -0.39 is 6.04 Å². The van der Waals surface area contributed by atoms with Gasteiger partial charge in [-0.3, -0.25) is 4.79 Å². The van der Waals surface area contributed by atoms with Crippen LogP contribution in [-0.4, -0.2) is 20.4 Å². The van der Waals surface area contributed by atoms with E-state index in [4.69, 9.17) is 11.6 Å². The Bertz CT molecular complexity index is 825. The minimum atomic E-state index is -0.509. The van der Waals surface area contributed by atoms with E-state index in [-0.39, 0.29) is 11.7 Å². The summed E-state index contributed by atoms with van der Waals surface area (Å²) in [4.78, 5) is 19.5. The summed E-state index contributed by atoms with van der Waals surface area (Å²) in [6.45, 7) is 0. The number of aromatic nitrogens is 3. The largest absolute Gasteiger partial charge is 0.356 e. The molecule has 0 aliphatic rings. The molecule has 5 nitrogen and oxygen atoms in total. The Morgan fingerprint density at radius 3 is 2.70 bits per heavy atom. The highest BCUT2D eigenvalue weighted by atomic mass is 35.5. The fourth-order valence-corrected chi connectivity index (χ4v) is 2.48. The number of carbonyl (C=O) groups excluding carboxylic acids is 1. The van der Waals surface area contributed by atoms with Crippen molar-refractivity contribution < 1.29 is 9.18 Å². The molecule has 118 valence electrons. The monoisotopic (exact) mass is 332 g/mol. The normalized spacial score (nSPS) is 12.1. The highest BCUT2D eigenvalue weighted by molar-refractivity contribution is 6.30. The summed E-state index contributed by atoms with van der Waals surface area (Å²) < 4.78 is 15.0. The molecule has 1 atom stereocenters. The molecule has 3 aromatic rings. The zero-order valence-corrected chi connectivity index (χ0v) is 13.0. The van der Waals surface area contributed by atoms with Crippen LogP contribution in [0.4, 0.5) is 4.39 Å². The molecular formula is C16H14ClFN4O. The molecule has 7 heteroatoms. The summed E-state index contributed by atoms with van der Waals surface area (Å²) in [5.74, 6) is -0.0216. The topological polar surface area (TPSA) is 62.7 Å². The molecule has 0 saturated carbocycles. The number of H-pyrrole nitrogens is 1. The molecule has 0 spiro atoms. The number of aryl methyl sites for hydroxylation is 1. The van der Waals surface area contributed by atoms with Gasteiger partial charge in [0.05, 0.1) is 5.02 Å². The lowest BCUT2D eigenvalue weighted by molar-refractivity contribution is 0.0936. The first-order valence-corrected chi connectivity index (χ1v) is 7.30. The lowest BCUT2D eigenvalue weighted by atomic mass is 10.1. The van der Waals surface area contributed by atoms with Crippen molar-refractivity contribution in [2.75, 3.05) is 0 Å². The molecule has 0 fully saturated rings. The molecule has 1 amide bonds. The first-order chi connectivity index (χ1) is 11.0. The minimum Gasteiger partial charge on any atom is -0.356 e. The highest BCUT2D eigenvalue weighted by Crippen LogP contribution is 2.21. The van der Waals surface area contributed by atoms with Gasteiger partial charge in [-0.2, -0.15) is 0 Å². The van der Waals surface area contributed by atoms with Crippen molar-refractivity contribution in [2.24, 2.45) is 7.05 Å². The van der Waals surface area contributed by atoms with Gasteiger partial charge >= 0.3 is 0 Å². The van der Waals surface area contributed by atoms with Gasteiger partial charge in [0.25, 0.3) is 5.91 Å². The van der Waals surface area contributed by atoms with E-state index in [2.05, 4.69) is 15.3 Å². The Morgan fingerprint density at radius 1 is 1.39 bits per heavy atom. The van der Waals surface area contributed by atoms with Crippen molar-refractivity contribution in [3.8, 4) is 0 Å². The molecule has 0 radical (unpaired) electrons. The second kappa shape index (κ2) is 6.26. The van der Waals surface area contributed by atoms with Crippen LogP contribution in [0.2, 0.25) is 5.02 Å². The van der Waals surface area contributed by atoms with Crippen LogP contribution in [0.5, 0.6) is 0 Å². The summed E-state index contributed by atoms with van der Waals surface area (Å²) in [5.41, 5.74) is 1.07. The average Bonchev–Trinajstić information content (AvgIpc) is 3.14. The average molecular weight is 333 g/mol. The van der Waals surface area contributed by atoms with E-state index in [9.17, 15) is 9.18 Å². The van der Waals surface area contributed by atoms with Crippen LogP contribution in [0, 0.1) is 5.82 Å². The van der Waals surface area contributed by atoms with E-state index >= 15 is 0 Å². The minimum absolute atomic E-state index is 0.325. The van der Waals surface area contributed by atoms with Crippen LogP contribution in [0.1, 0.15) is 27.9 Å². The van der Waals surface area contributed by atoms with Gasteiger partial charge in [0.1, 0.15) is 23.4 Å². The zero-order valence-electron chi connectivity index (χ0n) is 12.3. The lowest BCUT2D eigenvalue weighted by Gasteiger charge is -2.19. The Labute approximate surface area is 137 Å². The van der Waals surface area contributed by atoms with Crippen LogP contribution in [0.3, 0.4) is 0 Å². The summed E-state index contributed by atoms with van der Waals surface area (Å²) in [6.07, 6.45) is 4.96. The molecule has 1 unspecified atom stereocenters. The lowest BCUT2D eigenvalue weighted by Crippen LogP contribution is -2.31. The second-order valence-corrected chi connectivity index (χ2v) is 5.52. The molecule has 0 saturated heterocycles. The SMILES string of the molecule is Cn1ccnc1C(NC(=O)c1cc(Cl)c[nH]1)c1ccc(F)cc1. The summed E-state index contributed by atoms with van der Waals surface area (Å²) in [5, 5.41) is 3.34. The number of imidazole rings is 1. The maximum atomic E-state index is 13.2. The Morgan fingerprint density at radius 2 is 2.13 bits per heavy atom. The predicted molar refractivity (Wildman–Crippen MR) is 84.7 cm³/mol. The molecule has 2 aromatic heterocycles. The van der Waals surface area contributed by atoms with Crippen molar-refractivity contribution in [1.29, 1.82) is 0 Å². The van der Waals surface area contributed by atoms with E-state index in [0.29, 0.717) is 16.5 Å². The van der Waals surface area contributed by atoms with Gasteiger partial charge in [0.2, 0.25) is 0 Å². The molecule has 1 aromatic carbocycles. The summed E-state index contributed by atoms with van der Waals surface area (Å²) in [6, 6.07) is 6.97. The van der Waals surface area contributed by atoms with Crippen molar-refractivity contribution in [2.45, 2.75) is 6.04 Å². The molecule has 23 heavy (non-hydrogen) atoms. The van der Waals surface area contributed by atoms with Crippen molar-refractivity contribution in [1.82, 2.24) is 19.9 Å². The molecule has 0 bridgehead atoms. The second-order valence-electron chi connectivity index (χ2n) is 5.09. The first kappa shape index (κ1) is 15.3. The van der Waals surface area contributed by atoms with E-state index in [1.54, 1.807) is 29.1 Å². The Balaban J connectivity index is 1.94. The third-order valence-electron chi connectivity index (χ3n) is 3.49. The van der Waals surface area contributed by atoms with Crippen LogP contribution in [0.25, 0.3) is 0 Å². The van der Waals surface area contributed by atoms with Gasteiger partial charge in [-0.25, -0.2) is 9.37 Å². The van der Waals surface area contributed by atoms with E-state index in [1.807, 2.05) is 7.05 Å². The molecule has 2 heterocycles. The number of nitrogens with one attached hydrogen (secondary N) is 2. The third kappa shape index (κ3) is 3.27. The first-order valence-electron chi connectivity index (χ1n) is 6.92. The number of halogens is 2. The van der Waals surface area contributed by atoms with Crippen molar-refractivity contribution >= 4 is 17.5 Å². The molecular weight excluding hydrogens is 319 g/mol. The molecule has 2 N–H and O–H groups in total. The number of aromatic amines is 1. The number of rotatable bonds is 4.